The second kappa shape index (κ2) is 5.23. The van der Waals surface area contributed by atoms with Gasteiger partial charge in [0.1, 0.15) is 10.6 Å². The van der Waals surface area contributed by atoms with E-state index in [9.17, 15) is 13.2 Å². The van der Waals surface area contributed by atoms with E-state index in [2.05, 4.69) is 15.2 Å². The zero-order valence-electron chi connectivity index (χ0n) is 11.3. The molecule has 3 rings (SSSR count). The number of sulfone groups is 1. The van der Waals surface area contributed by atoms with E-state index in [0.29, 0.717) is 24.4 Å². The van der Waals surface area contributed by atoms with E-state index in [-0.39, 0.29) is 16.8 Å². The van der Waals surface area contributed by atoms with Gasteiger partial charge in [-0.05, 0) is 12.8 Å². The van der Waals surface area contributed by atoms with Gasteiger partial charge < -0.3 is 4.90 Å². The molecule has 0 bridgehead atoms. The number of carbonyl (C=O) groups excluding carboxylic acids is 1. The van der Waals surface area contributed by atoms with Crippen molar-refractivity contribution in [2.75, 3.05) is 12.8 Å². The first-order valence-electron chi connectivity index (χ1n) is 6.41. The lowest BCUT2D eigenvalue weighted by atomic mass is 10.1. The van der Waals surface area contributed by atoms with Crippen LogP contribution in [0, 0.1) is 0 Å². The fraction of sp³-hybridized carbons (Fsp3) is 0.417. The minimum Gasteiger partial charge on any atom is -0.329 e. The average molecular weight is 326 g/mol. The molecule has 1 aliphatic rings. The molecule has 1 unspecified atom stereocenters. The smallest absolute Gasteiger partial charge is 0.273 e. The predicted octanol–water partition coefficient (Wildman–Crippen LogP) is 1.25. The molecule has 1 fully saturated rings. The Balaban J connectivity index is 1.95. The summed E-state index contributed by atoms with van der Waals surface area (Å²) in [7, 11) is -3.38. The van der Waals surface area contributed by atoms with Crippen molar-refractivity contribution in [3.05, 3.63) is 28.5 Å². The highest BCUT2D eigenvalue weighted by Gasteiger charge is 2.35. The monoisotopic (exact) mass is 326 g/mol. The van der Waals surface area contributed by atoms with E-state index in [0.717, 1.165) is 12.7 Å². The summed E-state index contributed by atoms with van der Waals surface area (Å²) in [6.45, 7) is 0.587. The molecule has 0 radical (unpaired) electrons. The molecule has 1 amide bonds. The summed E-state index contributed by atoms with van der Waals surface area (Å²) in [5.41, 5.74) is 2.49. The van der Waals surface area contributed by atoms with Crippen LogP contribution in [0.5, 0.6) is 0 Å². The molecule has 7 nitrogen and oxygen atoms in total. The van der Waals surface area contributed by atoms with Gasteiger partial charge in [0, 0.05) is 18.2 Å². The van der Waals surface area contributed by atoms with Gasteiger partial charge in [0.05, 0.1) is 23.4 Å². The number of nitrogens with zero attached hydrogens (tertiary/aromatic N) is 3. The summed E-state index contributed by atoms with van der Waals surface area (Å²) in [5.74, 6) is -0.173. The molecule has 9 heteroatoms. The van der Waals surface area contributed by atoms with Crippen LogP contribution in [0.1, 0.15) is 35.1 Å². The Labute approximate surface area is 125 Å². The van der Waals surface area contributed by atoms with Crippen LogP contribution < -0.4 is 0 Å². The number of hydrogen-bond acceptors (Lipinski definition) is 6. The Morgan fingerprint density at radius 1 is 1.52 bits per heavy atom. The van der Waals surface area contributed by atoms with E-state index in [1.165, 1.54) is 17.5 Å². The Morgan fingerprint density at radius 3 is 3.00 bits per heavy atom. The van der Waals surface area contributed by atoms with Gasteiger partial charge in [-0.3, -0.25) is 9.89 Å². The summed E-state index contributed by atoms with van der Waals surface area (Å²) in [6, 6.07) is -0.300. The van der Waals surface area contributed by atoms with E-state index in [4.69, 9.17) is 0 Å². The maximum absolute atomic E-state index is 12.5. The van der Waals surface area contributed by atoms with Crippen LogP contribution in [0.3, 0.4) is 0 Å². The number of thiazole rings is 1. The van der Waals surface area contributed by atoms with Gasteiger partial charge in [-0.1, -0.05) is 0 Å². The van der Waals surface area contributed by atoms with Crippen LogP contribution in [0.4, 0.5) is 0 Å². The molecular formula is C12H14N4O3S2. The SMILES string of the molecule is CS(=O)(=O)c1cn[nH]c1C1CCCN1C(=O)c1cscn1. The van der Waals surface area contributed by atoms with Gasteiger partial charge in [-0.15, -0.1) is 11.3 Å². The van der Waals surface area contributed by atoms with Crippen molar-refractivity contribution in [2.45, 2.75) is 23.8 Å². The summed E-state index contributed by atoms with van der Waals surface area (Å²) >= 11 is 1.36. The predicted molar refractivity (Wildman–Crippen MR) is 76.8 cm³/mol. The molecule has 1 aliphatic heterocycles. The number of aromatic amines is 1. The molecule has 0 aromatic carbocycles. The molecule has 112 valence electrons. The van der Waals surface area contributed by atoms with E-state index in [1.54, 1.807) is 15.8 Å². The fourth-order valence-electron chi connectivity index (χ4n) is 2.59. The number of carbonyl (C=O) groups is 1. The van der Waals surface area contributed by atoms with Crippen LogP contribution in [0.15, 0.2) is 22.0 Å². The molecule has 1 N–H and O–H groups in total. The topological polar surface area (TPSA) is 96.0 Å². The van der Waals surface area contributed by atoms with Crippen molar-refractivity contribution in [1.82, 2.24) is 20.1 Å². The lowest BCUT2D eigenvalue weighted by molar-refractivity contribution is 0.0726. The van der Waals surface area contributed by atoms with Crippen LogP contribution in [0.2, 0.25) is 0 Å². The minimum absolute atomic E-state index is 0.158. The maximum Gasteiger partial charge on any atom is 0.273 e. The number of amides is 1. The zero-order chi connectivity index (χ0) is 15.0. The van der Waals surface area contributed by atoms with Crippen LogP contribution in [0.25, 0.3) is 0 Å². The second-order valence-corrected chi connectivity index (χ2v) is 7.65. The lowest BCUT2D eigenvalue weighted by Crippen LogP contribution is -2.31. The standard InChI is InChI=1S/C12H14N4O3S2/c1-21(18,19)10-5-14-15-11(10)9-3-2-4-16(9)12(17)8-6-20-7-13-8/h5-7,9H,2-4H2,1H3,(H,14,15). The molecule has 3 heterocycles. The Morgan fingerprint density at radius 2 is 2.33 bits per heavy atom. The van der Waals surface area contributed by atoms with Gasteiger partial charge in [0.2, 0.25) is 0 Å². The third-order valence-corrected chi connectivity index (χ3v) is 5.24. The van der Waals surface area contributed by atoms with Crippen LogP contribution in [-0.2, 0) is 9.84 Å². The average Bonchev–Trinajstić information content (AvgIpc) is 3.16. The molecule has 2 aromatic rings. The summed E-state index contributed by atoms with van der Waals surface area (Å²) < 4.78 is 23.6. The largest absolute Gasteiger partial charge is 0.329 e. The van der Waals surface area contributed by atoms with Crippen LogP contribution in [-0.4, -0.2) is 47.2 Å². The van der Waals surface area contributed by atoms with Crippen molar-refractivity contribution in [3.63, 3.8) is 0 Å². The molecule has 0 aliphatic carbocycles. The van der Waals surface area contributed by atoms with Crippen molar-refractivity contribution in [3.8, 4) is 0 Å². The molecule has 21 heavy (non-hydrogen) atoms. The van der Waals surface area contributed by atoms with Crippen molar-refractivity contribution in [2.24, 2.45) is 0 Å². The zero-order valence-corrected chi connectivity index (χ0v) is 12.9. The van der Waals surface area contributed by atoms with Gasteiger partial charge in [-0.2, -0.15) is 5.10 Å². The second-order valence-electron chi connectivity index (χ2n) is 4.95. The number of H-pyrrole nitrogens is 1. The Hall–Kier alpha value is -1.74. The highest BCUT2D eigenvalue weighted by Crippen LogP contribution is 2.35. The highest BCUT2D eigenvalue weighted by molar-refractivity contribution is 7.90. The number of nitrogens with one attached hydrogen (secondary N) is 1. The van der Waals surface area contributed by atoms with E-state index < -0.39 is 9.84 Å². The number of likely N-dealkylation sites (tertiary alicyclic amines) is 1. The maximum atomic E-state index is 12.5. The molecule has 0 spiro atoms. The fourth-order valence-corrected chi connectivity index (χ4v) is 3.95. The first-order valence-corrected chi connectivity index (χ1v) is 9.24. The summed E-state index contributed by atoms with van der Waals surface area (Å²) in [6.07, 6.45) is 3.97. The first kappa shape index (κ1) is 14.2. The van der Waals surface area contributed by atoms with E-state index >= 15 is 0 Å². The number of aromatic nitrogens is 3. The number of rotatable bonds is 3. The van der Waals surface area contributed by atoms with Crippen LogP contribution >= 0.6 is 11.3 Å². The van der Waals surface area contributed by atoms with Gasteiger partial charge in [0.25, 0.3) is 5.91 Å². The Kier molecular flexibility index (Phi) is 3.54. The molecule has 0 saturated carbocycles. The van der Waals surface area contributed by atoms with Gasteiger partial charge in [-0.25, -0.2) is 13.4 Å². The molecule has 1 atom stereocenters. The molecular weight excluding hydrogens is 312 g/mol. The first-order chi connectivity index (χ1) is 9.98. The normalized spacial score (nSPS) is 19.1. The quantitative estimate of drug-likeness (QED) is 0.915. The Bertz CT molecular complexity index is 751. The number of hydrogen-bond donors (Lipinski definition) is 1. The molecule has 2 aromatic heterocycles. The molecule has 1 saturated heterocycles. The third kappa shape index (κ3) is 2.58. The summed E-state index contributed by atoms with van der Waals surface area (Å²) in [5, 5.41) is 8.27. The van der Waals surface area contributed by atoms with Crippen molar-refractivity contribution >= 4 is 27.1 Å². The van der Waals surface area contributed by atoms with E-state index in [1.807, 2.05) is 0 Å². The van der Waals surface area contributed by atoms with Crippen molar-refractivity contribution < 1.29 is 13.2 Å². The van der Waals surface area contributed by atoms with Gasteiger partial charge >= 0.3 is 0 Å². The summed E-state index contributed by atoms with van der Waals surface area (Å²) in [4.78, 5) is 18.3. The highest BCUT2D eigenvalue weighted by atomic mass is 32.2. The van der Waals surface area contributed by atoms with Crippen molar-refractivity contribution in [1.29, 1.82) is 0 Å². The lowest BCUT2D eigenvalue weighted by Gasteiger charge is -2.23. The third-order valence-electron chi connectivity index (χ3n) is 3.53. The minimum atomic E-state index is -3.38. The van der Waals surface area contributed by atoms with Gasteiger partial charge in [0.15, 0.2) is 9.84 Å².